The largest absolute Gasteiger partial charge is 0.356 e. The number of halogens is 1. The van der Waals surface area contributed by atoms with Crippen LogP contribution < -0.4 is 10.6 Å². The van der Waals surface area contributed by atoms with Gasteiger partial charge in [-0.15, -0.1) is 35.3 Å². The molecule has 2 rings (SSSR count). The highest BCUT2D eigenvalue weighted by molar-refractivity contribution is 14.0. The number of nitrogens with zero attached hydrogens (tertiary/aromatic N) is 3. The minimum atomic E-state index is 0. The number of guanidine groups is 1. The molecule has 2 N–H and O–H groups in total. The van der Waals surface area contributed by atoms with Crippen LogP contribution in [0.15, 0.2) is 22.5 Å². The molecule has 132 valence electrons. The van der Waals surface area contributed by atoms with Crippen LogP contribution in [0.2, 0.25) is 0 Å². The van der Waals surface area contributed by atoms with Crippen molar-refractivity contribution >= 4 is 41.3 Å². The molecule has 0 spiro atoms. The molecule has 5 nitrogen and oxygen atoms in total. The number of thiophene rings is 1. The van der Waals surface area contributed by atoms with E-state index >= 15 is 0 Å². The molecular formula is C16H30IN5S. The summed E-state index contributed by atoms with van der Waals surface area (Å²) >= 11 is 1.81. The predicted molar refractivity (Wildman–Crippen MR) is 111 cm³/mol. The normalized spacial score (nSPS) is 21.6. The maximum atomic E-state index is 4.34. The zero-order valence-electron chi connectivity index (χ0n) is 14.6. The van der Waals surface area contributed by atoms with Gasteiger partial charge in [-0.1, -0.05) is 13.0 Å². The Morgan fingerprint density at radius 3 is 2.83 bits per heavy atom. The highest BCUT2D eigenvalue weighted by Crippen LogP contribution is 2.19. The molecule has 0 bridgehead atoms. The molecule has 2 heterocycles. The van der Waals surface area contributed by atoms with Crippen molar-refractivity contribution in [3.63, 3.8) is 0 Å². The smallest absolute Gasteiger partial charge is 0.191 e. The molecule has 0 aliphatic carbocycles. The van der Waals surface area contributed by atoms with Gasteiger partial charge < -0.3 is 15.5 Å². The van der Waals surface area contributed by atoms with E-state index in [-0.39, 0.29) is 24.0 Å². The Morgan fingerprint density at radius 2 is 2.17 bits per heavy atom. The summed E-state index contributed by atoms with van der Waals surface area (Å²) in [5.41, 5.74) is 0. The highest BCUT2D eigenvalue weighted by atomic mass is 127. The monoisotopic (exact) mass is 451 g/mol. The summed E-state index contributed by atoms with van der Waals surface area (Å²) in [5.74, 6) is 1.40. The van der Waals surface area contributed by atoms with Crippen molar-refractivity contribution in [1.29, 1.82) is 0 Å². The van der Waals surface area contributed by atoms with Gasteiger partial charge in [0.1, 0.15) is 0 Å². The first kappa shape index (κ1) is 20.7. The fraction of sp³-hybridized carbons (Fsp3) is 0.688. The Balaban J connectivity index is 0.00000264. The number of likely N-dealkylation sites (N-methyl/N-ethyl adjacent to an activating group) is 2. The summed E-state index contributed by atoms with van der Waals surface area (Å²) in [5, 5.41) is 9.03. The number of rotatable bonds is 5. The van der Waals surface area contributed by atoms with Crippen molar-refractivity contribution in [1.82, 2.24) is 20.4 Å². The Hall–Kier alpha value is -0.380. The Morgan fingerprint density at radius 1 is 1.39 bits per heavy atom. The molecule has 2 unspecified atom stereocenters. The standard InChI is InChI=1S/C16H29N5S.HI/c1-13(15-6-5-9-22-15)10-18-16(17-2)19-11-14-12-20(3)7-8-21(14)4;/h5-6,9,13-14H,7-8,10-12H2,1-4H3,(H2,17,18,19);1H. The van der Waals surface area contributed by atoms with Crippen LogP contribution in [0.5, 0.6) is 0 Å². The molecule has 0 radical (unpaired) electrons. The van der Waals surface area contributed by atoms with Crippen LogP contribution >= 0.6 is 35.3 Å². The van der Waals surface area contributed by atoms with E-state index in [9.17, 15) is 0 Å². The second kappa shape index (κ2) is 10.5. The van der Waals surface area contributed by atoms with E-state index in [0.717, 1.165) is 38.7 Å². The van der Waals surface area contributed by atoms with E-state index < -0.39 is 0 Å². The minimum Gasteiger partial charge on any atom is -0.356 e. The summed E-state index contributed by atoms with van der Waals surface area (Å²) in [4.78, 5) is 10.6. The van der Waals surface area contributed by atoms with Gasteiger partial charge in [0.05, 0.1) is 0 Å². The van der Waals surface area contributed by atoms with Crippen LogP contribution in [0.3, 0.4) is 0 Å². The zero-order valence-corrected chi connectivity index (χ0v) is 17.7. The molecule has 0 aromatic carbocycles. The van der Waals surface area contributed by atoms with Gasteiger partial charge in [0.2, 0.25) is 0 Å². The first-order chi connectivity index (χ1) is 10.6. The molecule has 1 saturated heterocycles. The Labute approximate surface area is 161 Å². The van der Waals surface area contributed by atoms with Crippen molar-refractivity contribution in [2.24, 2.45) is 4.99 Å². The average Bonchev–Trinajstić information content (AvgIpc) is 3.05. The van der Waals surface area contributed by atoms with E-state index in [1.165, 1.54) is 4.88 Å². The SMILES string of the molecule is CN=C(NCC(C)c1cccs1)NCC1CN(C)CCN1C.I. The summed E-state index contributed by atoms with van der Waals surface area (Å²) in [7, 11) is 6.23. The Kier molecular flexibility index (Phi) is 9.41. The summed E-state index contributed by atoms with van der Waals surface area (Å²) < 4.78 is 0. The molecule has 1 fully saturated rings. The van der Waals surface area contributed by atoms with Crippen LogP contribution in [0.1, 0.15) is 17.7 Å². The van der Waals surface area contributed by atoms with Gasteiger partial charge in [-0.25, -0.2) is 0 Å². The Bertz CT molecular complexity index is 465. The predicted octanol–water partition coefficient (Wildman–Crippen LogP) is 1.88. The highest BCUT2D eigenvalue weighted by Gasteiger charge is 2.22. The second-order valence-electron chi connectivity index (χ2n) is 6.15. The number of aliphatic imine (C=N–C) groups is 1. The molecule has 7 heteroatoms. The quantitative estimate of drug-likeness (QED) is 0.408. The second-order valence-corrected chi connectivity index (χ2v) is 7.13. The maximum Gasteiger partial charge on any atom is 0.191 e. The minimum absolute atomic E-state index is 0. The topological polar surface area (TPSA) is 42.9 Å². The van der Waals surface area contributed by atoms with Crippen molar-refractivity contribution in [3.05, 3.63) is 22.4 Å². The van der Waals surface area contributed by atoms with Gasteiger partial charge in [-0.05, 0) is 25.5 Å². The molecule has 1 aliphatic rings. The summed E-state index contributed by atoms with van der Waals surface area (Å²) in [6, 6.07) is 4.84. The summed E-state index contributed by atoms with van der Waals surface area (Å²) in [6.07, 6.45) is 0. The number of nitrogens with one attached hydrogen (secondary N) is 2. The third kappa shape index (κ3) is 6.56. The van der Waals surface area contributed by atoms with E-state index in [4.69, 9.17) is 0 Å². The van der Waals surface area contributed by atoms with Crippen LogP contribution in [0.4, 0.5) is 0 Å². The van der Waals surface area contributed by atoms with Crippen molar-refractivity contribution in [2.75, 3.05) is 53.9 Å². The van der Waals surface area contributed by atoms with Gasteiger partial charge in [-0.3, -0.25) is 9.89 Å². The molecule has 0 amide bonds. The van der Waals surface area contributed by atoms with Crippen LogP contribution in [-0.2, 0) is 0 Å². The lowest BCUT2D eigenvalue weighted by Crippen LogP contribution is -2.55. The van der Waals surface area contributed by atoms with Crippen LogP contribution in [0.25, 0.3) is 0 Å². The number of hydrogen-bond donors (Lipinski definition) is 2. The zero-order chi connectivity index (χ0) is 15.9. The molecular weight excluding hydrogens is 421 g/mol. The van der Waals surface area contributed by atoms with E-state index in [1.807, 2.05) is 18.4 Å². The van der Waals surface area contributed by atoms with Crippen molar-refractivity contribution in [2.45, 2.75) is 18.9 Å². The van der Waals surface area contributed by atoms with Crippen molar-refractivity contribution in [3.8, 4) is 0 Å². The number of hydrogen-bond acceptors (Lipinski definition) is 4. The van der Waals surface area contributed by atoms with Crippen molar-refractivity contribution < 1.29 is 0 Å². The molecule has 0 saturated carbocycles. The molecule has 1 aromatic rings. The van der Waals surface area contributed by atoms with Gasteiger partial charge in [-0.2, -0.15) is 0 Å². The lowest BCUT2D eigenvalue weighted by Gasteiger charge is -2.38. The average molecular weight is 451 g/mol. The van der Waals surface area contributed by atoms with E-state index in [1.54, 1.807) is 0 Å². The first-order valence-electron chi connectivity index (χ1n) is 7.97. The fourth-order valence-corrected chi connectivity index (χ4v) is 3.47. The van der Waals surface area contributed by atoms with Gasteiger partial charge in [0, 0.05) is 56.6 Å². The van der Waals surface area contributed by atoms with E-state index in [2.05, 4.69) is 64.0 Å². The third-order valence-corrected chi connectivity index (χ3v) is 5.42. The lowest BCUT2D eigenvalue weighted by atomic mass is 10.1. The van der Waals surface area contributed by atoms with Gasteiger partial charge in [0.25, 0.3) is 0 Å². The van der Waals surface area contributed by atoms with Gasteiger partial charge >= 0.3 is 0 Å². The first-order valence-corrected chi connectivity index (χ1v) is 8.84. The molecule has 2 atom stereocenters. The lowest BCUT2D eigenvalue weighted by molar-refractivity contribution is 0.116. The number of piperazine rings is 1. The summed E-state index contributed by atoms with van der Waals surface area (Å²) in [6.45, 7) is 7.46. The third-order valence-electron chi connectivity index (χ3n) is 4.31. The maximum absolute atomic E-state index is 4.34. The molecule has 23 heavy (non-hydrogen) atoms. The molecule has 1 aliphatic heterocycles. The molecule has 1 aromatic heterocycles. The van der Waals surface area contributed by atoms with E-state index in [0.29, 0.717) is 12.0 Å². The van der Waals surface area contributed by atoms with Gasteiger partial charge in [0.15, 0.2) is 5.96 Å². The van der Waals surface area contributed by atoms with Crippen LogP contribution in [0, 0.1) is 0 Å². The fourth-order valence-electron chi connectivity index (χ4n) is 2.68. The van der Waals surface area contributed by atoms with Crippen LogP contribution in [-0.4, -0.2) is 75.7 Å².